The van der Waals surface area contributed by atoms with E-state index in [9.17, 15) is 14.6 Å². The molecule has 0 bridgehead atoms. The van der Waals surface area contributed by atoms with Crippen LogP contribution in [0.1, 0.15) is 29.7 Å². The summed E-state index contributed by atoms with van der Waals surface area (Å²) >= 11 is 6.17. The molecule has 35 heavy (non-hydrogen) atoms. The predicted molar refractivity (Wildman–Crippen MR) is 135 cm³/mol. The van der Waals surface area contributed by atoms with Crippen molar-refractivity contribution in [3.8, 4) is 23.0 Å². The Bertz CT molecular complexity index is 1250. The number of ether oxygens (including phenoxy) is 2. The molecular weight excluding hydrogens is 469 g/mol. The van der Waals surface area contributed by atoms with Gasteiger partial charge in [0.25, 0.3) is 0 Å². The summed E-state index contributed by atoms with van der Waals surface area (Å²) in [7, 11) is 0. The van der Waals surface area contributed by atoms with Crippen LogP contribution >= 0.6 is 11.6 Å². The fourth-order valence-corrected chi connectivity index (χ4v) is 4.88. The summed E-state index contributed by atoms with van der Waals surface area (Å²) in [5, 5.41) is 20.5. The van der Waals surface area contributed by atoms with Gasteiger partial charge in [-0.1, -0.05) is 35.9 Å². The Balaban J connectivity index is 1.40. The fraction of sp³-hybridized carbons (Fsp3) is 0.286. The lowest BCUT2D eigenvalue weighted by Crippen LogP contribution is -2.49. The van der Waals surface area contributed by atoms with Crippen molar-refractivity contribution in [3.05, 3.63) is 82.4 Å². The molecule has 2 N–H and O–H groups in total. The minimum atomic E-state index is -0.447. The Kier molecular flexibility index (Phi) is 6.58. The standard InChI is InChI=1S/C28H27ClFNO4/c1-17-23-12-25(33)24(29)13-26(23)35-28(27(17)20-3-2-4-21(32)11-20)19-5-7-22(8-6-19)34-10-9-31-15-18(14-30)16-31/h2-8,11-13,18,28,32-33H,9-10,14-16H2,1H3/t28-/m1/s1. The Hall–Kier alpha value is -3.22. The molecule has 0 aliphatic carbocycles. The number of aromatic hydroxyl groups is 2. The van der Waals surface area contributed by atoms with Crippen LogP contribution in [0.3, 0.4) is 0 Å². The zero-order valence-electron chi connectivity index (χ0n) is 19.4. The van der Waals surface area contributed by atoms with E-state index in [0.29, 0.717) is 12.4 Å². The maximum atomic E-state index is 12.6. The number of phenols is 2. The number of likely N-dealkylation sites (tertiary alicyclic amines) is 1. The smallest absolute Gasteiger partial charge is 0.150 e. The lowest BCUT2D eigenvalue weighted by Gasteiger charge is -2.37. The molecule has 5 rings (SSSR count). The van der Waals surface area contributed by atoms with Gasteiger partial charge in [0.05, 0.1) is 11.7 Å². The zero-order valence-corrected chi connectivity index (χ0v) is 20.1. The van der Waals surface area contributed by atoms with Crippen molar-refractivity contribution in [3.63, 3.8) is 0 Å². The van der Waals surface area contributed by atoms with Gasteiger partial charge in [-0.05, 0) is 54.0 Å². The van der Waals surface area contributed by atoms with E-state index >= 15 is 0 Å². The first-order chi connectivity index (χ1) is 16.9. The van der Waals surface area contributed by atoms with Crippen molar-refractivity contribution in [1.82, 2.24) is 4.90 Å². The first-order valence-corrected chi connectivity index (χ1v) is 12.0. The second-order valence-corrected chi connectivity index (χ2v) is 9.49. The summed E-state index contributed by atoms with van der Waals surface area (Å²) in [5.74, 6) is 1.66. The van der Waals surface area contributed by atoms with Gasteiger partial charge in [-0.25, -0.2) is 0 Å². The highest BCUT2D eigenvalue weighted by molar-refractivity contribution is 6.32. The molecular formula is C28H27ClFNO4. The number of nitrogens with zero attached hydrogens (tertiary/aromatic N) is 1. The summed E-state index contributed by atoms with van der Waals surface area (Å²) in [4.78, 5) is 2.18. The molecule has 0 amide bonds. The molecule has 0 unspecified atom stereocenters. The number of fused-ring (bicyclic) bond motifs is 1. The average Bonchev–Trinajstić information content (AvgIpc) is 2.82. The third-order valence-corrected chi connectivity index (χ3v) is 6.93. The fourth-order valence-electron chi connectivity index (χ4n) is 4.73. The summed E-state index contributed by atoms with van der Waals surface area (Å²) in [6, 6.07) is 18.0. The van der Waals surface area contributed by atoms with Gasteiger partial charge < -0.3 is 19.7 Å². The molecule has 0 saturated carbocycles. The number of alkyl halides is 1. The molecule has 5 nitrogen and oxygen atoms in total. The molecule has 1 saturated heterocycles. The van der Waals surface area contributed by atoms with Gasteiger partial charge in [-0.3, -0.25) is 9.29 Å². The lowest BCUT2D eigenvalue weighted by atomic mass is 9.86. The molecule has 3 aromatic rings. The maximum Gasteiger partial charge on any atom is 0.150 e. The van der Waals surface area contributed by atoms with E-state index in [1.165, 1.54) is 0 Å². The van der Waals surface area contributed by atoms with Crippen LogP contribution in [-0.4, -0.2) is 48.0 Å². The highest BCUT2D eigenvalue weighted by Crippen LogP contribution is 2.49. The Morgan fingerprint density at radius 2 is 1.86 bits per heavy atom. The van der Waals surface area contributed by atoms with Gasteiger partial charge in [-0.15, -0.1) is 0 Å². The topological polar surface area (TPSA) is 62.2 Å². The van der Waals surface area contributed by atoms with Crippen molar-refractivity contribution in [2.24, 2.45) is 5.92 Å². The number of phenolic OH excluding ortho intramolecular Hbond substituents is 2. The molecule has 3 aromatic carbocycles. The van der Waals surface area contributed by atoms with Crippen LogP contribution in [0.4, 0.5) is 4.39 Å². The van der Waals surface area contributed by atoms with E-state index in [1.54, 1.807) is 30.3 Å². The van der Waals surface area contributed by atoms with E-state index < -0.39 is 6.10 Å². The van der Waals surface area contributed by atoms with Crippen molar-refractivity contribution < 1.29 is 24.1 Å². The van der Waals surface area contributed by atoms with Crippen LogP contribution in [-0.2, 0) is 0 Å². The molecule has 0 spiro atoms. The van der Waals surface area contributed by atoms with Crippen LogP contribution in [0, 0.1) is 5.92 Å². The van der Waals surface area contributed by atoms with Crippen LogP contribution in [0.2, 0.25) is 5.02 Å². The van der Waals surface area contributed by atoms with Crippen LogP contribution in [0.5, 0.6) is 23.0 Å². The maximum absolute atomic E-state index is 12.6. The van der Waals surface area contributed by atoms with Crippen molar-refractivity contribution in [2.45, 2.75) is 13.0 Å². The van der Waals surface area contributed by atoms with E-state index in [1.807, 2.05) is 37.3 Å². The SMILES string of the molecule is CC1=C(c2cccc(O)c2)[C@@H](c2ccc(OCCN3CC(CF)C3)cc2)Oc2cc(Cl)c(O)cc21. The van der Waals surface area contributed by atoms with Crippen molar-refractivity contribution in [1.29, 1.82) is 0 Å². The predicted octanol–water partition coefficient (Wildman–Crippen LogP) is 6.10. The third-order valence-electron chi connectivity index (χ3n) is 6.63. The van der Waals surface area contributed by atoms with Gasteiger partial charge in [0.1, 0.15) is 35.7 Å². The number of hydrogen-bond donors (Lipinski definition) is 2. The number of benzene rings is 3. The molecule has 2 aliphatic rings. The van der Waals surface area contributed by atoms with Crippen molar-refractivity contribution in [2.75, 3.05) is 32.9 Å². The highest BCUT2D eigenvalue weighted by atomic mass is 35.5. The molecule has 0 radical (unpaired) electrons. The molecule has 7 heteroatoms. The summed E-state index contributed by atoms with van der Waals surface area (Å²) in [6.45, 7) is 4.63. The highest BCUT2D eigenvalue weighted by Gasteiger charge is 2.30. The molecule has 0 aromatic heterocycles. The number of hydrogen-bond acceptors (Lipinski definition) is 5. The molecule has 2 aliphatic heterocycles. The van der Waals surface area contributed by atoms with Gasteiger partial charge >= 0.3 is 0 Å². The lowest BCUT2D eigenvalue weighted by molar-refractivity contribution is 0.0668. The average molecular weight is 496 g/mol. The van der Waals surface area contributed by atoms with E-state index in [0.717, 1.165) is 53.2 Å². The third kappa shape index (κ3) is 4.81. The quantitative estimate of drug-likeness (QED) is 0.415. The second-order valence-electron chi connectivity index (χ2n) is 9.08. The van der Waals surface area contributed by atoms with E-state index in [4.69, 9.17) is 21.1 Å². The van der Waals surface area contributed by atoms with Gasteiger partial charge in [-0.2, -0.15) is 0 Å². The zero-order chi connectivity index (χ0) is 24.5. The minimum Gasteiger partial charge on any atom is -0.508 e. The largest absolute Gasteiger partial charge is 0.508 e. The second kappa shape index (κ2) is 9.80. The summed E-state index contributed by atoms with van der Waals surface area (Å²) in [5.41, 5.74) is 4.31. The molecule has 2 heterocycles. The van der Waals surface area contributed by atoms with Gasteiger partial charge in [0.2, 0.25) is 0 Å². The van der Waals surface area contributed by atoms with Gasteiger partial charge in [0, 0.05) is 42.8 Å². The number of allylic oxidation sites excluding steroid dienone is 1. The van der Waals surface area contributed by atoms with Gasteiger partial charge in [0.15, 0.2) is 0 Å². The first kappa shape index (κ1) is 23.5. The molecule has 1 fully saturated rings. The summed E-state index contributed by atoms with van der Waals surface area (Å²) < 4.78 is 24.9. The van der Waals surface area contributed by atoms with Crippen LogP contribution in [0.15, 0.2) is 60.7 Å². The van der Waals surface area contributed by atoms with E-state index in [2.05, 4.69) is 4.90 Å². The van der Waals surface area contributed by atoms with Crippen molar-refractivity contribution >= 4 is 22.7 Å². The summed E-state index contributed by atoms with van der Waals surface area (Å²) in [6.07, 6.45) is -0.447. The monoisotopic (exact) mass is 495 g/mol. The molecule has 182 valence electrons. The molecule has 1 atom stereocenters. The first-order valence-electron chi connectivity index (χ1n) is 11.6. The normalized spacial score (nSPS) is 18.1. The minimum absolute atomic E-state index is 0.0120. The Morgan fingerprint density at radius 3 is 2.57 bits per heavy atom. The number of halogens is 2. The Morgan fingerprint density at radius 1 is 1.09 bits per heavy atom. The van der Waals surface area contributed by atoms with Crippen LogP contribution in [0.25, 0.3) is 11.1 Å². The van der Waals surface area contributed by atoms with Crippen LogP contribution < -0.4 is 9.47 Å². The number of rotatable bonds is 7. The van der Waals surface area contributed by atoms with E-state index in [-0.39, 0.29) is 29.1 Å². The Labute approximate surface area is 209 Å².